The van der Waals surface area contributed by atoms with Crippen LogP contribution in [-0.2, 0) is 30.3 Å². The first-order valence-corrected chi connectivity index (χ1v) is 13.0. The van der Waals surface area contributed by atoms with E-state index in [0.29, 0.717) is 24.3 Å². The molecule has 0 bridgehead atoms. The van der Waals surface area contributed by atoms with Crippen molar-refractivity contribution in [1.29, 1.82) is 0 Å². The van der Waals surface area contributed by atoms with Gasteiger partial charge < -0.3 is 29.8 Å². The van der Waals surface area contributed by atoms with Crippen LogP contribution in [-0.4, -0.2) is 46.9 Å². The van der Waals surface area contributed by atoms with Gasteiger partial charge in [-0.25, -0.2) is 4.79 Å². The molecule has 0 aliphatic carbocycles. The lowest BCUT2D eigenvalue weighted by Crippen LogP contribution is -2.52. The summed E-state index contributed by atoms with van der Waals surface area (Å²) in [6, 6.07) is 4.46. The number of carbonyl (C=O) groups excluding carboxylic acids is 3. The normalized spacial score (nSPS) is 13.7. The topological polar surface area (TPSA) is 151 Å². The summed E-state index contributed by atoms with van der Waals surface area (Å²) in [6.45, 7) is 12.8. The van der Waals surface area contributed by atoms with Crippen molar-refractivity contribution in [3.05, 3.63) is 23.8 Å². The molecule has 1 aromatic rings. The lowest BCUT2D eigenvalue weighted by molar-refractivity contribution is -0.145. The molecule has 0 radical (unpaired) electrons. The molecule has 10 heteroatoms. The van der Waals surface area contributed by atoms with Gasteiger partial charge in [-0.05, 0) is 63.1 Å². The van der Waals surface area contributed by atoms with Crippen LogP contribution in [0.15, 0.2) is 18.2 Å². The predicted molar refractivity (Wildman–Crippen MR) is 141 cm³/mol. The highest BCUT2D eigenvalue weighted by Crippen LogP contribution is 2.32. The van der Waals surface area contributed by atoms with Crippen LogP contribution < -0.4 is 15.2 Å². The molecule has 0 saturated carbocycles. The first kappa shape index (κ1) is 32.9. The number of nitrogens with two attached hydrogens (primary N) is 1. The zero-order chi connectivity index (χ0) is 29.0. The number of hydrogen-bond donors (Lipinski definition) is 2. The van der Waals surface area contributed by atoms with E-state index < -0.39 is 41.8 Å². The van der Waals surface area contributed by atoms with Crippen molar-refractivity contribution in [3.63, 3.8) is 0 Å². The number of aliphatic carboxylic acids is 1. The second-order valence-electron chi connectivity index (χ2n) is 10.8. The smallest absolute Gasteiger partial charge is 0.480 e. The average Bonchev–Trinajstić information content (AvgIpc) is 2.77. The van der Waals surface area contributed by atoms with Crippen LogP contribution in [0.5, 0.6) is 11.5 Å². The van der Waals surface area contributed by atoms with Gasteiger partial charge in [0.1, 0.15) is 11.6 Å². The highest BCUT2D eigenvalue weighted by Gasteiger charge is 2.37. The maximum absolute atomic E-state index is 12.5. The zero-order valence-electron chi connectivity index (χ0n) is 23.6. The molecule has 1 rings (SSSR count). The maximum Gasteiger partial charge on any atom is 0.508 e. The summed E-state index contributed by atoms with van der Waals surface area (Å²) in [6.07, 6.45) is -0.919. The van der Waals surface area contributed by atoms with Gasteiger partial charge in [-0.15, -0.1) is 0 Å². The third-order valence-electron chi connectivity index (χ3n) is 5.53. The van der Waals surface area contributed by atoms with Crippen molar-refractivity contribution in [2.24, 2.45) is 17.6 Å². The summed E-state index contributed by atoms with van der Waals surface area (Å²) >= 11 is 0. The lowest BCUT2D eigenvalue weighted by Gasteiger charge is -2.28. The molecular formula is C28H43NO9. The molecule has 0 fully saturated rings. The van der Waals surface area contributed by atoms with Crippen molar-refractivity contribution >= 4 is 24.1 Å². The third kappa shape index (κ3) is 12.4. The summed E-state index contributed by atoms with van der Waals surface area (Å²) in [5, 5.41) is 9.88. The Bertz CT molecular complexity index is 958. The van der Waals surface area contributed by atoms with E-state index in [4.69, 9.17) is 24.7 Å². The highest BCUT2D eigenvalue weighted by molar-refractivity contribution is 5.79. The average molecular weight is 538 g/mol. The quantitative estimate of drug-likeness (QED) is 0.230. The maximum atomic E-state index is 12.5. The van der Waals surface area contributed by atoms with Gasteiger partial charge in [-0.2, -0.15) is 0 Å². The zero-order valence-corrected chi connectivity index (χ0v) is 23.6. The Kier molecular flexibility index (Phi) is 13.3. The van der Waals surface area contributed by atoms with E-state index in [1.807, 2.05) is 27.7 Å². The summed E-state index contributed by atoms with van der Waals surface area (Å²) in [5.74, 6) is -1.60. The third-order valence-corrected chi connectivity index (χ3v) is 5.53. The summed E-state index contributed by atoms with van der Waals surface area (Å²) in [5.41, 5.74) is 4.86. The van der Waals surface area contributed by atoms with Gasteiger partial charge in [0, 0.05) is 25.7 Å². The number of carboxylic acid groups (broad SMARTS) is 1. The van der Waals surface area contributed by atoms with E-state index in [-0.39, 0.29) is 43.1 Å². The van der Waals surface area contributed by atoms with Gasteiger partial charge in [0.15, 0.2) is 11.5 Å². The van der Waals surface area contributed by atoms with Crippen molar-refractivity contribution in [1.82, 2.24) is 0 Å². The fourth-order valence-electron chi connectivity index (χ4n) is 3.53. The lowest BCUT2D eigenvalue weighted by atomic mass is 9.86. The van der Waals surface area contributed by atoms with Crippen LogP contribution in [0.2, 0.25) is 0 Å². The van der Waals surface area contributed by atoms with Crippen molar-refractivity contribution < 1.29 is 43.2 Å². The van der Waals surface area contributed by atoms with Crippen LogP contribution in [0, 0.1) is 11.8 Å². The number of hydrogen-bond acceptors (Lipinski definition) is 9. The van der Waals surface area contributed by atoms with Gasteiger partial charge in [0.05, 0.1) is 6.10 Å². The fourth-order valence-corrected chi connectivity index (χ4v) is 3.53. The molecule has 0 aliphatic rings. The minimum absolute atomic E-state index is 0.00621. The Hall–Kier alpha value is -3.14. The molecule has 38 heavy (non-hydrogen) atoms. The number of carboxylic acids is 1. The van der Waals surface area contributed by atoms with Crippen LogP contribution >= 0.6 is 0 Å². The van der Waals surface area contributed by atoms with Crippen molar-refractivity contribution in [2.45, 2.75) is 105 Å². The summed E-state index contributed by atoms with van der Waals surface area (Å²) < 4.78 is 21.1. The molecule has 0 saturated heterocycles. The molecule has 0 amide bonds. The molecule has 0 aromatic heterocycles. The minimum atomic E-state index is -1.81. The van der Waals surface area contributed by atoms with Gasteiger partial charge in [0.2, 0.25) is 0 Å². The fraction of sp³-hybridized carbons (Fsp3) is 0.643. The second-order valence-corrected chi connectivity index (χ2v) is 10.8. The Labute approximate surface area is 225 Å². The molecule has 214 valence electrons. The van der Waals surface area contributed by atoms with Crippen LogP contribution in [0.4, 0.5) is 4.79 Å². The number of carbonyl (C=O) groups is 4. The van der Waals surface area contributed by atoms with Gasteiger partial charge in [-0.1, -0.05) is 33.8 Å². The van der Waals surface area contributed by atoms with E-state index in [1.54, 1.807) is 19.9 Å². The molecule has 3 N–H and O–H groups in total. The largest absolute Gasteiger partial charge is 0.508 e. The molecule has 1 unspecified atom stereocenters. The number of rotatable bonds is 15. The Morgan fingerprint density at radius 2 is 1.37 bits per heavy atom. The van der Waals surface area contributed by atoms with Crippen LogP contribution in [0.25, 0.3) is 0 Å². The van der Waals surface area contributed by atoms with E-state index in [0.717, 1.165) is 0 Å². The Morgan fingerprint density at radius 1 is 0.842 bits per heavy atom. The molecular weight excluding hydrogens is 494 g/mol. The standard InChI is InChI=1S/C28H43NO9/c1-17(2)8-12-24(30)37-22-11-10-21(14-23(22)38-25(31)13-9-18(3)4)16-28(29,26(32)33)15-20(7)36-27(34)35-19(5)6/h10-11,14,17-20H,8-9,12-13,15-16,29H2,1-7H3,(H,32,33)/t20-,28?/m0/s1. The SMILES string of the molecule is CC(C)CCC(=O)Oc1ccc(CC(N)(C[C@H](C)OC(=O)OC(C)C)C(=O)O)cc1OC(=O)CCC(C)C. The molecule has 2 atom stereocenters. The Morgan fingerprint density at radius 3 is 1.84 bits per heavy atom. The molecule has 10 nitrogen and oxygen atoms in total. The van der Waals surface area contributed by atoms with E-state index in [2.05, 4.69) is 0 Å². The second kappa shape index (κ2) is 15.3. The molecule has 0 aliphatic heterocycles. The summed E-state index contributed by atoms with van der Waals surface area (Å²) in [4.78, 5) is 48.7. The van der Waals surface area contributed by atoms with Crippen LogP contribution in [0.1, 0.15) is 86.1 Å². The minimum Gasteiger partial charge on any atom is -0.480 e. The molecule has 0 spiro atoms. The summed E-state index contributed by atoms with van der Waals surface area (Å²) in [7, 11) is 0. The number of esters is 2. The van der Waals surface area contributed by atoms with Crippen molar-refractivity contribution in [3.8, 4) is 11.5 Å². The van der Waals surface area contributed by atoms with Crippen LogP contribution in [0.3, 0.4) is 0 Å². The molecule has 0 heterocycles. The first-order valence-electron chi connectivity index (χ1n) is 13.0. The Balaban J connectivity index is 3.15. The molecule has 1 aromatic carbocycles. The van der Waals surface area contributed by atoms with Gasteiger partial charge in [-0.3, -0.25) is 14.4 Å². The van der Waals surface area contributed by atoms with Gasteiger partial charge in [0.25, 0.3) is 0 Å². The number of benzene rings is 1. The monoisotopic (exact) mass is 537 g/mol. The van der Waals surface area contributed by atoms with Crippen molar-refractivity contribution in [2.75, 3.05) is 0 Å². The van der Waals surface area contributed by atoms with E-state index in [9.17, 15) is 24.3 Å². The highest BCUT2D eigenvalue weighted by atomic mass is 16.7. The van der Waals surface area contributed by atoms with Gasteiger partial charge >= 0.3 is 24.1 Å². The van der Waals surface area contributed by atoms with E-state index >= 15 is 0 Å². The first-order chi connectivity index (χ1) is 17.6. The number of ether oxygens (including phenoxy) is 4. The predicted octanol–water partition coefficient (Wildman–Crippen LogP) is 5.03. The van der Waals surface area contributed by atoms with E-state index in [1.165, 1.54) is 19.1 Å².